The number of aromatic nitrogens is 3. The average molecular weight is 576 g/mol. The van der Waals surface area contributed by atoms with Crippen molar-refractivity contribution in [2.75, 3.05) is 17.1 Å². The predicted octanol–water partition coefficient (Wildman–Crippen LogP) is 5.15. The Morgan fingerprint density at radius 1 is 1.05 bits per heavy atom. The first kappa shape index (κ1) is 27.0. The van der Waals surface area contributed by atoms with Crippen LogP contribution in [-0.2, 0) is 10.0 Å². The summed E-state index contributed by atoms with van der Waals surface area (Å²) in [5, 5.41) is 13.5. The van der Waals surface area contributed by atoms with Gasteiger partial charge in [-0.25, -0.2) is 32.2 Å². The van der Waals surface area contributed by atoms with E-state index in [1.54, 1.807) is 12.3 Å². The standard InChI is InChI=1S/C26H24ClF2N5O4S/c1-38-25-22(11-16(27)13-30-25)39(36,37)34-21-9-7-19(28)23(24(21)29)14-2-8-20-15(10-14)12-31-26(33-20)32-17-3-5-18(35)6-4-17/h2,7-13,17-18,34-35H,3-6H2,1H3,(H,31,32,33). The molecule has 9 nitrogen and oxygen atoms in total. The number of benzene rings is 2. The Kier molecular flexibility index (Phi) is 7.52. The van der Waals surface area contributed by atoms with Crippen molar-refractivity contribution < 1.29 is 27.0 Å². The van der Waals surface area contributed by atoms with Gasteiger partial charge in [0, 0.05) is 23.8 Å². The molecule has 3 N–H and O–H groups in total. The second-order valence-corrected chi connectivity index (χ2v) is 11.3. The lowest BCUT2D eigenvalue weighted by Crippen LogP contribution is -2.28. The fourth-order valence-corrected chi connectivity index (χ4v) is 5.94. The number of nitrogens with one attached hydrogen (secondary N) is 2. The number of aliphatic hydroxyl groups excluding tert-OH is 1. The molecule has 5 rings (SSSR count). The van der Waals surface area contributed by atoms with Crippen LogP contribution in [-0.4, -0.2) is 47.7 Å². The van der Waals surface area contributed by atoms with Crippen LogP contribution in [0, 0.1) is 11.6 Å². The summed E-state index contributed by atoms with van der Waals surface area (Å²) in [4.78, 5) is 12.2. The molecule has 0 radical (unpaired) electrons. The van der Waals surface area contributed by atoms with E-state index >= 15 is 4.39 Å². The third-order valence-corrected chi connectivity index (χ3v) is 8.07. The molecular weight excluding hydrogens is 552 g/mol. The van der Waals surface area contributed by atoms with Gasteiger partial charge in [0.15, 0.2) is 10.7 Å². The number of hydrogen-bond acceptors (Lipinski definition) is 8. The number of ether oxygens (including phenoxy) is 1. The predicted molar refractivity (Wildman–Crippen MR) is 143 cm³/mol. The number of aliphatic hydroxyl groups is 1. The fourth-order valence-electron chi connectivity index (χ4n) is 4.51. The lowest BCUT2D eigenvalue weighted by Gasteiger charge is -2.26. The van der Waals surface area contributed by atoms with Crippen LogP contribution in [0.3, 0.4) is 0 Å². The maximum Gasteiger partial charge on any atom is 0.267 e. The maximum absolute atomic E-state index is 15.6. The molecule has 0 amide bonds. The van der Waals surface area contributed by atoms with Gasteiger partial charge in [0.25, 0.3) is 10.0 Å². The molecule has 0 aliphatic heterocycles. The van der Waals surface area contributed by atoms with E-state index < -0.39 is 37.8 Å². The van der Waals surface area contributed by atoms with Gasteiger partial charge >= 0.3 is 0 Å². The first-order valence-electron chi connectivity index (χ1n) is 12.1. The van der Waals surface area contributed by atoms with E-state index in [0.29, 0.717) is 29.7 Å². The van der Waals surface area contributed by atoms with Gasteiger partial charge < -0.3 is 15.2 Å². The molecule has 1 saturated carbocycles. The van der Waals surface area contributed by atoms with E-state index in [1.165, 1.54) is 25.4 Å². The topological polar surface area (TPSA) is 126 Å². The van der Waals surface area contributed by atoms with Crippen LogP contribution in [0.5, 0.6) is 5.88 Å². The molecule has 0 spiro atoms. The third-order valence-electron chi connectivity index (χ3n) is 6.50. The van der Waals surface area contributed by atoms with Gasteiger partial charge in [0.05, 0.1) is 35.0 Å². The van der Waals surface area contributed by atoms with Crippen molar-refractivity contribution in [3.8, 4) is 17.0 Å². The molecule has 0 atom stereocenters. The van der Waals surface area contributed by atoms with E-state index in [4.69, 9.17) is 16.3 Å². The second-order valence-electron chi connectivity index (χ2n) is 9.17. The van der Waals surface area contributed by atoms with E-state index in [9.17, 15) is 17.9 Å². The minimum absolute atomic E-state index is 0.0331. The van der Waals surface area contributed by atoms with Crippen LogP contribution in [0.25, 0.3) is 22.0 Å². The Bertz CT molecular complexity index is 1650. The van der Waals surface area contributed by atoms with Crippen molar-refractivity contribution in [2.45, 2.75) is 42.7 Å². The minimum atomic E-state index is -4.39. The second kappa shape index (κ2) is 10.9. The highest BCUT2D eigenvalue weighted by atomic mass is 35.5. The van der Waals surface area contributed by atoms with E-state index in [1.807, 2.05) is 0 Å². The highest BCUT2D eigenvalue weighted by molar-refractivity contribution is 7.92. The largest absolute Gasteiger partial charge is 0.480 e. The van der Waals surface area contributed by atoms with Crippen LogP contribution in [0.4, 0.5) is 20.4 Å². The van der Waals surface area contributed by atoms with Gasteiger partial charge in [0.1, 0.15) is 5.82 Å². The maximum atomic E-state index is 15.6. The Morgan fingerprint density at radius 3 is 2.56 bits per heavy atom. The molecule has 4 aromatic rings. The van der Waals surface area contributed by atoms with Gasteiger partial charge in [0.2, 0.25) is 11.8 Å². The molecule has 2 aromatic heterocycles. The number of fused-ring (bicyclic) bond motifs is 1. The molecule has 1 fully saturated rings. The van der Waals surface area contributed by atoms with Crippen molar-refractivity contribution in [2.24, 2.45) is 0 Å². The number of sulfonamides is 1. The quantitative estimate of drug-likeness (QED) is 0.276. The first-order chi connectivity index (χ1) is 18.6. The zero-order valence-corrected chi connectivity index (χ0v) is 22.2. The summed E-state index contributed by atoms with van der Waals surface area (Å²) >= 11 is 5.89. The molecule has 0 unspecified atom stereocenters. The van der Waals surface area contributed by atoms with Crippen molar-refractivity contribution >= 4 is 44.2 Å². The normalized spacial score (nSPS) is 17.7. The molecule has 13 heteroatoms. The molecule has 2 heterocycles. The van der Waals surface area contributed by atoms with Gasteiger partial charge in [-0.2, -0.15) is 0 Å². The zero-order valence-electron chi connectivity index (χ0n) is 20.7. The van der Waals surface area contributed by atoms with Gasteiger partial charge in [-0.3, -0.25) is 4.72 Å². The lowest BCUT2D eigenvalue weighted by molar-refractivity contribution is 0.126. The SMILES string of the molecule is COc1ncc(Cl)cc1S(=O)(=O)Nc1ccc(F)c(-c2ccc3nc(NC4CCC(O)CC4)ncc3c2)c1F. The van der Waals surface area contributed by atoms with Crippen molar-refractivity contribution in [1.29, 1.82) is 0 Å². The number of pyridine rings is 1. The van der Waals surface area contributed by atoms with Crippen molar-refractivity contribution in [3.63, 3.8) is 0 Å². The van der Waals surface area contributed by atoms with E-state index in [-0.39, 0.29) is 28.6 Å². The molecule has 1 aliphatic rings. The Morgan fingerprint density at radius 2 is 1.82 bits per heavy atom. The molecule has 0 saturated heterocycles. The van der Waals surface area contributed by atoms with Crippen LogP contribution < -0.4 is 14.8 Å². The minimum Gasteiger partial charge on any atom is -0.480 e. The zero-order chi connectivity index (χ0) is 27.7. The Balaban J connectivity index is 1.44. The summed E-state index contributed by atoms with van der Waals surface area (Å²) in [7, 11) is -3.16. The third kappa shape index (κ3) is 5.72. The van der Waals surface area contributed by atoms with E-state index in [2.05, 4.69) is 25.0 Å². The summed E-state index contributed by atoms with van der Waals surface area (Å²) in [5.41, 5.74) is -0.158. The van der Waals surface area contributed by atoms with Gasteiger partial charge in [-0.1, -0.05) is 17.7 Å². The Hall–Kier alpha value is -3.61. The summed E-state index contributed by atoms with van der Waals surface area (Å²) in [6.07, 6.45) is 5.52. The summed E-state index contributed by atoms with van der Waals surface area (Å²) in [5.74, 6) is -1.79. The molecule has 0 bridgehead atoms. The van der Waals surface area contributed by atoms with Crippen molar-refractivity contribution in [3.05, 3.63) is 65.4 Å². The lowest BCUT2D eigenvalue weighted by atomic mass is 9.93. The van der Waals surface area contributed by atoms with Gasteiger partial charge in [-0.05, 0) is 61.6 Å². The molecular formula is C26H24ClF2N5O4S. The van der Waals surface area contributed by atoms with Crippen LogP contribution in [0.15, 0.2) is 53.7 Å². The van der Waals surface area contributed by atoms with Crippen LogP contribution in [0.2, 0.25) is 5.02 Å². The van der Waals surface area contributed by atoms with Crippen LogP contribution in [0.1, 0.15) is 25.7 Å². The molecule has 204 valence electrons. The highest BCUT2D eigenvalue weighted by Gasteiger charge is 2.25. The molecule has 2 aromatic carbocycles. The average Bonchev–Trinajstić information content (AvgIpc) is 2.91. The number of halogens is 3. The number of hydrogen-bond donors (Lipinski definition) is 3. The monoisotopic (exact) mass is 575 g/mol. The highest BCUT2D eigenvalue weighted by Crippen LogP contribution is 2.34. The summed E-state index contributed by atoms with van der Waals surface area (Å²) in [6, 6.07) is 7.87. The first-order valence-corrected chi connectivity index (χ1v) is 13.9. The smallest absolute Gasteiger partial charge is 0.267 e. The fraction of sp³-hybridized carbons (Fsp3) is 0.269. The number of nitrogens with zero attached hydrogens (tertiary/aromatic N) is 3. The molecule has 1 aliphatic carbocycles. The Labute approximate surface area is 228 Å². The van der Waals surface area contributed by atoms with E-state index in [0.717, 1.165) is 31.0 Å². The number of anilines is 2. The summed E-state index contributed by atoms with van der Waals surface area (Å²) < 4.78 is 63.6. The number of rotatable bonds is 7. The van der Waals surface area contributed by atoms with Crippen molar-refractivity contribution in [1.82, 2.24) is 15.0 Å². The molecule has 39 heavy (non-hydrogen) atoms. The van der Waals surface area contributed by atoms with Crippen LogP contribution >= 0.6 is 11.6 Å². The summed E-state index contributed by atoms with van der Waals surface area (Å²) in [6.45, 7) is 0. The number of methoxy groups -OCH3 is 1. The van der Waals surface area contributed by atoms with Gasteiger partial charge in [-0.15, -0.1) is 0 Å².